The molecule has 1 atom stereocenters. The number of hydrogen-bond donors (Lipinski definition) is 1. The van der Waals surface area contributed by atoms with Crippen LogP contribution in [0.15, 0.2) is 0 Å². The summed E-state index contributed by atoms with van der Waals surface area (Å²) in [6.07, 6.45) is 0. The Bertz CT molecular complexity index is 190. The molecule has 1 unspecified atom stereocenters. The van der Waals surface area contributed by atoms with Crippen molar-refractivity contribution in [2.75, 3.05) is 19.7 Å². The standard InChI is InChI=1S/C9H16BrNO2/c1-6(2)8(10)9(13)11-3-7(4-11)5-12/h6-8,12H,3-5H2,1-2H3. The van der Waals surface area contributed by atoms with Gasteiger partial charge in [-0.1, -0.05) is 29.8 Å². The second-order valence-electron chi connectivity index (χ2n) is 3.94. The third kappa shape index (κ3) is 2.44. The molecule has 1 amide bonds. The normalized spacial score (nSPS) is 20.2. The number of carbonyl (C=O) groups is 1. The van der Waals surface area contributed by atoms with Crippen molar-refractivity contribution in [1.29, 1.82) is 0 Å². The van der Waals surface area contributed by atoms with Crippen molar-refractivity contribution >= 4 is 21.8 Å². The van der Waals surface area contributed by atoms with Gasteiger partial charge in [0, 0.05) is 25.6 Å². The predicted octanol–water partition coefficient (Wildman–Crippen LogP) is 0.857. The van der Waals surface area contributed by atoms with E-state index in [1.165, 1.54) is 0 Å². The SMILES string of the molecule is CC(C)C(Br)C(=O)N1CC(CO)C1. The summed E-state index contributed by atoms with van der Waals surface area (Å²) in [6.45, 7) is 5.65. The zero-order chi connectivity index (χ0) is 10.0. The molecule has 0 spiro atoms. The molecule has 1 aliphatic heterocycles. The fourth-order valence-corrected chi connectivity index (χ4v) is 1.61. The summed E-state index contributed by atoms with van der Waals surface area (Å²) >= 11 is 3.37. The molecule has 1 rings (SSSR count). The van der Waals surface area contributed by atoms with Crippen LogP contribution in [0.1, 0.15) is 13.8 Å². The third-order valence-electron chi connectivity index (χ3n) is 2.35. The Labute approximate surface area is 87.2 Å². The van der Waals surface area contributed by atoms with Crippen LogP contribution in [0.4, 0.5) is 0 Å². The molecule has 1 saturated heterocycles. The smallest absolute Gasteiger partial charge is 0.236 e. The highest BCUT2D eigenvalue weighted by molar-refractivity contribution is 9.10. The minimum atomic E-state index is -0.0767. The van der Waals surface area contributed by atoms with Gasteiger partial charge >= 0.3 is 0 Å². The summed E-state index contributed by atoms with van der Waals surface area (Å²) in [5, 5.41) is 8.78. The third-order valence-corrected chi connectivity index (χ3v) is 3.80. The lowest BCUT2D eigenvalue weighted by atomic mass is 9.99. The Hall–Kier alpha value is -0.0900. The first-order valence-electron chi connectivity index (χ1n) is 4.60. The number of likely N-dealkylation sites (tertiary alicyclic amines) is 1. The average Bonchev–Trinajstić information content (AvgIpc) is 2.00. The van der Waals surface area contributed by atoms with Gasteiger partial charge in [0.25, 0.3) is 0 Å². The van der Waals surface area contributed by atoms with Gasteiger partial charge in [-0.3, -0.25) is 4.79 Å². The number of rotatable bonds is 3. The van der Waals surface area contributed by atoms with Gasteiger partial charge in [0.05, 0.1) is 4.83 Å². The van der Waals surface area contributed by atoms with Crippen molar-refractivity contribution in [3.05, 3.63) is 0 Å². The monoisotopic (exact) mass is 249 g/mol. The first-order chi connectivity index (χ1) is 6.06. The van der Waals surface area contributed by atoms with Gasteiger partial charge in [0.2, 0.25) is 5.91 Å². The Morgan fingerprint density at radius 3 is 2.54 bits per heavy atom. The summed E-state index contributed by atoms with van der Waals surface area (Å²) in [5.74, 6) is 0.774. The predicted molar refractivity (Wildman–Crippen MR) is 54.7 cm³/mol. The molecule has 0 bridgehead atoms. The number of amides is 1. The van der Waals surface area contributed by atoms with Crippen LogP contribution in [0.3, 0.4) is 0 Å². The fraction of sp³-hybridized carbons (Fsp3) is 0.889. The van der Waals surface area contributed by atoms with Gasteiger partial charge < -0.3 is 10.0 Å². The van der Waals surface area contributed by atoms with Crippen LogP contribution in [-0.2, 0) is 4.79 Å². The van der Waals surface area contributed by atoms with Crippen molar-refractivity contribution in [3.8, 4) is 0 Å². The Morgan fingerprint density at radius 1 is 1.62 bits per heavy atom. The van der Waals surface area contributed by atoms with Gasteiger partial charge in [0.1, 0.15) is 0 Å². The number of aliphatic hydroxyl groups excluding tert-OH is 1. The minimum Gasteiger partial charge on any atom is -0.396 e. The van der Waals surface area contributed by atoms with Gasteiger partial charge in [-0.25, -0.2) is 0 Å². The van der Waals surface area contributed by atoms with E-state index < -0.39 is 0 Å². The second kappa shape index (κ2) is 4.42. The van der Waals surface area contributed by atoms with Crippen molar-refractivity contribution in [2.45, 2.75) is 18.7 Å². The maximum Gasteiger partial charge on any atom is 0.236 e. The Kier molecular flexibility index (Phi) is 3.74. The summed E-state index contributed by atoms with van der Waals surface area (Å²) in [4.78, 5) is 13.3. The number of nitrogens with zero attached hydrogens (tertiary/aromatic N) is 1. The number of carbonyl (C=O) groups excluding carboxylic acids is 1. The maximum atomic E-state index is 11.6. The topological polar surface area (TPSA) is 40.5 Å². The van der Waals surface area contributed by atoms with Crippen LogP contribution in [-0.4, -0.2) is 40.4 Å². The molecule has 0 aliphatic carbocycles. The first kappa shape index (κ1) is 11.0. The largest absolute Gasteiger partial charge is 0.396 e. The van der Waals surface area contributed by atoms with Crippen LogP contribution in [0.5, 0.6) is 0 Å². The zero-order valence-electron chi connectivity index (χ0n) is 8.03. The van der Waals surface area contributed by atoms with Crippen LogP contribution in [0.25, 0.3) is 0 Å². The molecule has 1 N–H and O–H groups in total. The van der Waals surface area contributed by atoms with Crippen LogP contribution < -0.4 is 0 Å². The molecule has 1 fully saturated rings. The van der Waals surface area contributed by atoms with E-state index in [2.05, 4.69) is 15.9 Å². The fourth-order valence-electron chi connectivity index (χ4n) is 1.32. The molecule has 1 aliphatic rings. The highest BCUT2D eigenvalue weighted by Gasteiger charge is 2.33. The van der Waals surface area contributed by atoms with Crippen molar-refractivity contribution in [2.24, 2.45) is 11.8 Å². The van der Waals surface area contributed by atoms with Gasteiger partial charge in [-0.05, 0) is 5.92 Å². The van der Waals surface area contributed by atoms with E-state index in [0.29, 0.717) is 24.9 Å². The lowest BCUT2D eigenvalue weighted by Crippen LogP contribution is -2.54. The van der Waals surface area contributed by atoms with Gasteiger partial charge in [0.15, 0.2) is 0 Å². The summed E-state index contributed by atoms with van der Waals surface area (Å²) in [6, 6.07) is 0. The lowest BCUT2D eigenvalue weighted by molar-refractivity contribution is -0.138. The number of alkyl halides is 1. The van der Waals surface area contributed by atoms with E-state index in [1.54, 1.807) is 4.90 Å². The molecular weight excluding hydrogens is 234 g/mol. The summed E-state index contributed by atoms with van der Waals surface area (Å²) < 4.78 is 0. The Balaban J connectivity index is 2.34. The number of halogens is 1. The molecule has 0 aromatic carbocycles. The van der Waals surface area contributed by atoms with Gasteiger partial charge in [-0.15, -0.1) is 0 Å². The molecule has 0 aromatic rings. The van der Waals surface area contributed by atoms with Crippen LogP contribution >= 0.6 is 15.9 Å². The summed E-state index contributed by atoms with van der Waals surface area (Å²) in [5.41, 5.74) is 0. The molecule has 0 saturated carbocycles. The lowest BCUT2D eigenvalue weighted by Gasteiger charge is -2.39. The molecule has 4 heteroatoms. The van der Waals surface area contributed by atoms with Crippen molar-refractivity contribution in [1.82, 2.24) is 4.90 Å². The number of aliphatic hydroxyl groups is 1. The van der Waals surface area contributed by atoms with E-state index in [9.17, 15) is 4.79 Å². The Morgan fingerprint density at radius 2 is 2.15 bits per heavy atom. The highest BCUT2D eigenvalue weighted by atomic mass is 79.9. The van der Waals surface area contributed by atoms with E-state index in [0.717, 1.165) is 0 Å². The van der Waals surface area contributed by atoms with Crippen molar-refractivity contribution in [3.63, 3.8) is 0 Å². The minimum absolute atomic E-state index is 0.0767. The first-order valence-corrected chi connectivity index (χ1v) is 5.51. The zero-order valence-corrected chi connectivity index (χ0v) is 9.62. The molecule has 76 valence electrons. The van der Waals surface area contributed by atoms with Crippen LogP contribution in [0, 0.1) is 11.8 Å². The van der Waals surface area contributed by atoms with E-state index in [-0.39, 0.29) is 17.3 Å². The van der Waals surface area contributed by atoms with Crippen molar-refractivity contribution < 1.29 is 9.90 Å². The van der Waals surface area contributed by atoms with E-state index in [4.69, 9.17) is 5.11 Å². The quantitative estimate of drug-likeness (QED) is 0.754. The highest BCUT2D eigenvalue weighted by Crippen LogP contribution is 2.21. The van der Waals surface area contributed by atoms with E-state index >= 15 is 0 Å². The maximum absolute atomic E-state index is 11.6. The summed E-state index contributed by atoms with van der Waals surface area (Å²) in [7, 11) is 0. The van der Waals surface area contributed by atoms with Gasteiger partial charge in [-0.2, -0.15) is 0 Å². The van der Waals surface area contributed by atoms with Crippen LogP contribution in [0.2, 0.25) is 0 Å². The van der Waals surface area contributed by atoms with E-state index in [1.807, 2.05) is 13.8 Å². The molecule has 1 heterocycles. The second-order valence-corrected chi connectivity index (χ2v) is 4.92. The number of hydrogen-bond acceptors (Lipinski definition) is 2. The average molecular weight is 250 g/mol. The molecular formula is C9H16BrNO2. The molecule has 0 aromatic heterocycles. The molecule has 13 heavy (non-hydrogen) atoms. The molecule has 3 nitrogen and oxygen atoms in total. The molecule has 0 radical (unpaired) electrons.